The summed E-state index contributed by atoms with van der Waals surface area (Å²) in [6.45, 7) is 0. The van der Waals surface area contributed by atoms with Crippen molar-refractivity contribution >= 4 is 15.8 Å². The fraction of sp³-hybridized carbons (Fsp3) is 0. The molecule has 0 saturated carbocycles. The molecule has 0 heterocycles. The molecule has 0 bridgehead atoms. The Labute approximate surface area is 210 Å². The van der Waals surface area contributed by atoms with E-state index in [4.69, 9.17) is 0 Å². The summed E-state index contributed by atoms with van der Waals surface area (Å²) in [6.07, 6.45) is 0. The number of hydrogen-bond acceptors (Lipinski definition) is 5. The van der Waals surface area contributed by atoms with Crippen LogP contribution < -0.4 is 138 Å². The zero-order chi connectivity index (χ0) is 10.8. The summed E-state index contributed by atoms with van der Waals surface area (Å²) < 4.78 is 31.3. The summed E-state index contributed by atoms with van der Waals surface area (Å²) in [5.41, 5.74) is 2.88. The van der Waals surface area contributed by atoms with E-state index in [0.29, 0.717) is 0 Å². The van der Waals surface area contributed by atoms with Gasteiger partial charge in [0.05, 0.1) is 4.90 Å². The second-order valence-electron chi connectivity index (χ2n) is 2.29. The first-order valence-electron chi connectivity index (χ1n) is 3.31. The first kappa shape index (κ1) is 20.7. The van der Waals surface area contributed by atoms with Crippen LogP contribution in [0.25, 0.3) is 5.43 Å². The van der Waals surface area contributed by atoms with Gasteiger partial charge in [0.15, 0.2) is 0 Å². The molecule has 1 aromatic rings. The van der Waals surface area contributed by atoms with Gasteiger partial charge in [-0.2, -0.15) is 0 Å². The minimum absolute atomic E-state index is 0. The van der Waals surface area contributed by atoms with Gasteiger partial charge in [-0.3, -0.25) is 10.1 Å². The summed E-state index contributed by atoms with van der Waals surface area (Å²) in [5.74, 6) is 0. The van der Waals surface area contributed by atoms with Crippen LogP contribution in [0.5, 0.6) is 0 Å². The Morgan fingerprint density at radius 3 is 1.88 bits per heavy atom. The van der Waals surface area contributed by atoms with Gasteiger partial charge in [0.25, 0.3) is 0 Å². The molecule has 0 atom stereocenters. The molecule has 16 heavy (non-hydrogen) atoms. The third-order valence-electron chi connectivity index (χ3n) is 1.32. The molecule has 0 amide bonds. The SMILES string of the molecule is O=[N+]([O-])[N-]c1ccc(S(=O)(=O)[O-])cc1.[Cs+].[Cs+]. The van der Waals surface area contributed by atoms with E-state index in [-0.39, 0.29) is 143 Å². The predicted molar refractivity (Wildman–Crippen MR) is 44.4 cm³/mol. The minimum Gasteiger partial charge on any atom is -0.744 e. The Bertz CT molecular complexity index is 446. The molecule has 0 fully saturated rings. The minimum atomic E-state index is -4.51. The molecule has 1 rings (SSSR count). The molecule has 0 spiro atoms. The van der Waals surface area contributed by atoms with Crippen LogP contribution in [-0.4, -0.2) is 18.0 Å². The summed E-state index contributed by atoms with van der Waals surface area (Å²) in [7, 11) is -4.51. The van der Waals surface area contributed by atoms with Crippen molar-refractivity contribution in [3.05, 3.63) is 39.8 Å². The maximum atomic E-state index is 10.4. The van der Waals surface area contributed by atoms with Crippen molar-refractivity contribution in [2.24, 2.45) is 0 Å². The van der Waals surface area contributed by atoms with Crippen molar-refractivity contribution in [3.8, 4) is 0 Å². The van der Waals surface area contributed by atoms with Crippen LogP contribution in [0.15, 0.2) is 29.2 Å². The van der Waals surface area contributed by atoms with E-state index >= 15 is 0 Å². The van der Waals surface area contributed by atoms with Crippen molar-refractivity contribution in [2.75, 3.05) is 0 Å². The van der Waals surface area contributed by atoms with Crippen LogP contribution in [0.4, 0.5) is 5.69 Å². The maximum absolute atomic E-state index is 10.4. The van der Waals surface area contributed by atoms with Crippen molar-refractivity contribution in [1.82, 2.24) is 0 Å². The molecule has 0 aliphatic carbocycles. The van der Waals surface area contributed by atoms with E-state index in [2.05, 4.69) is 5.43 Å². The van der Waals surface area contributed by atoms with Gasteiger partial charge in [-0.15, -0.1) is 0 Å². The van der Waals surface area contributed by atoms with Gasteiger partial charge < -0.3 is 9.98 Å². The average Bonchev–Trinajstić information content (AvgIpc) is 2.02. The second kappa shape index (κ2) is 9.36. The Hall–Kier alpha value is 2.43. The quantitative estimate of drug-likeness (QED) is 0.243. The van der Waals surface area contributed by atoms with Gasteiger partial charge in [0, 0.05) is 0 Å². The number of hydrogen-bond donors (Lipinski definition) is 0. The molecule has 0 aromatic heterocycles. The first-order valence-corrected chi connectivity index (χ1v) is 4.72. The first-order chi connectivity index (χ1) is 6.39. The Balaban J connectivity index is 0. The van der Waals surface area contributed by atoms with E-state index in [0.717, 1.165) is 24.3 Å². The topological polar surface area (TPSA) is 114 Å². The van der Waals surface area contributed by atoms with Crippen LogP contribution in [0.3, 0.4) is 0 Å². The van der Waals surface area contributed by atoms with Gasteiger partial charge in [0.1, 0.15) is 10.1 Å². The zero-order valence-electron chi connectivity index (χ0n) is 8.65. The van der Waals surface area contributed by atoms with Crippen LogP contribution in [0.2, 0.25) is 0 Å². The third kappa shape index (κ3) is 7.78. The van der Waals surface area contributed by atoms with E-state index in [9.17, 15) is 23.1 Å². The normalized spacial score (nSPS) is 9.56. The molecular formula is C6H4Cs2N2O5S. The number of nitrogens with zero attached hydrogens (tertiary/aromatic N) is 2. The standard InChI is InChI=1S/C6H5N2O5S.2Cs/c9-8(10)7-5-1-3-6(4-2-5)14(11,12)13;;/h1-4H,(H,11,12,13);;/q-1;2*+1/p-1. The largest absolute Gasteiger partial charge is 1.00 e. The maximum Gasteiger partial charge on any atom is 1.00 e. The van der Waals surface area contributed by atoms with Crippen LogP contribution in [0.1, 0.15) is 0 Å². The van der Waals surface area contributed by atoms with E-state index in [1.165, 1.54) is 0 Å². The molecule has 76 valence electrons. The van der Waals surface area contributed by atoms with Crippen LogP contribution in [0, 0.1) is 10.1 Å². The molecule has 0 aliphatic rings. The summed E-state index contributed by atoms with van der Waals surface area (Å²) >= 11 is 0. The molecule has 0 aliphatic heterocycles. The number of rotatable bonds is 3. The molecule has 10 heteroatoms. The number of nitro groups is 1. The van der Waals surface area contributed by atoms with Gasteiger partial charge in [-0.1, -0.05) is 17.8 Å². The average molecular weight is 482 g/mol. The van der Waals surface area contributed by atoms with Gasteiger partial charge in [0.2, 0.25) is 0 Å². The van der Waals surface area contributed by atoms with E-state index < -0.39 is 20.0 Å². The second-order valence-corrected chi connectivity index (χ2v) is 3.67. The molecule has 0 radical (unpaired) electrons. The van der Waals surface area contributed by atoms with Gasteiger partial charge in [-0.05, 0) is 17.2 Å². The molecule has 7 nitrogen and oxygen atoms in total. The Morgan fingerprint density at radius 1 is 1.12 bits per heavy atom. The number of benzene rings is 1. The molecule has 0 unspecified atom stereocenters. The van der Waals surface area contributed by atoms with Crippen molar-refractivity contribution < 1.29 is 156 Å². The summed E-state index contributed by atoms with van der Waals surface area (Å²) in [4.78, 5) is 9.46. The van der Waals surface area contributed by atoms with Crippen LogP contribution >= 0.6 is 0 Å². The van der Waals surface area contributed by atoms with E-state index in [1.807, 2.05) is 0 Å². The summed E-state index contributed by atoms with van der Waals surface area (Å²) in [6, 6.07) is 4.08. The zero-order valence-corrected chi connectivity index (χ0v) is 22.0. The fourth-order valence-corrected chi connectivity index (χ4v) is 1.24. The molecule has 0 N–H and O–H groups in total. The van der Waals surface area contributed by atoms with Gasteiger partial charge >= 0.3 is 138 Å². The summed E-state index contributed by atoms with van der Waals surface area (Å²) in [5, 5.41) is 8.99. The molecular weight excluding hydrogens is 478 g/mol. The van der Waals surface area contributed by atoms with E-state index in [1.54, 1.807) is 0 Å². The Kier molecular flexibility index (Phi) is 12.1. The predicted octanol–water partition coefficient (Wildman–Crippen LogP) is -5.20. The van der Waals surface area contributed by atoms with Gasteiger partial charge in [-0.25, -0.2) is 8.42 Å². The molecule has 0 saturated heterocycles. The van der Waals surface area contributed by atoms with Crippen molar-refractivity contribution in [1.29, 1.82) is 0 Å². The van der Waals surface area contributed by atoms with Crippen molar-refractivity contribution in [3.63, 3.8) is 0 Å². The van der Waals surface area contributed by atoms with Crippen molar-refractivity contribution in [2.45, 2.75) is 4.90 Å². The Morgan fingerprint density at radius 2 is 1.56 bits per heavy atom. The van der Waals surface area contributed by atoms with Crippen LogP contribution in [-0.2, 0) is 10.1 Å². The monoisotopic (exact) mass is 482 g/mol. The third-order valence-corrected chi connectivity index (χ3v) is 2.17. The fourth-order valence-electron chi connectivity index (χ4n) is 0.774. The molecule has 1 aromatic carbocycles. The smallest absolute Gasteiger partial charge is 0.744 e.